The van der Waals surface area contributed by atoms with Gasteiger partial charge in [-0.2, -0.15) is 0 Å². The van der Waals surface area contributed by atoms with E-state index in [9.17, 15) is 66.4 Å². The summed E-state index contributed by atoms with van der Waals surface area (Å²) >= 11 is 0. The van der Waals surface area contributed by atoms with Crippen molar-refractivity contribution in [1.29, 1.82) is 0 Å². The van der Waals surface area contributed by atoms with Gasteiger partial charge < -0.3 is 94.8 Å². The highest BCUT2D eigenvalue weighted by molar-refractivity contribution is 5.79. The van der Waals surface area contributed by atoms with Crippen LogP contribution >= 0.6 is 0 Å². The molecule has 0 spiro atoms. The molecule has 0 bridgehead atoms. The van der Waals surface area contributed by atoms with E-state index in [-0.39, 0.29) is 41.6 Å². The van der Waals surface area contributed by atoms with E-state index in [1.165, 1.54) is 0 Å². The maximum Gasteiger partial charge on any atom is 0.315 e. The molecule has 0 amide bonds. The molecule has 5 aliphatic carbocycles. The fraction of sp³-hybridized carbons (Fsp3) is 0.938. The molecule has 0 aromatic rings. The zero-order chi connectivity index (χ0) is 49.8. The topological polar surface area (TPSA) is 335 Å². The van der Waals surface area contributed by atoms with Crippen LogP contribution in [0.25, 0.3) is 0 Å². The molecule has 0 aromatic carbocycles. The van der Waals surface area contributed by atoms with Crippen LogP contribution in [-0.2, 0) is 33.2 Å². The number of hydrogen-bond donors (Lipinski definition) is 13. The van der Waals surface area contributed by atoms with Crippen molar-refractivity contribution in [3.8, 4) is 0 Å². The third kappa shape index (κ3) is 7.98. The second-order valence-corrected chi connectivity index (χ2v) is 22.9. The molecule has 4 saturated carbocycles. The highest BCUT2D eigenvalue weighted by atomic mass is 16.7. The molecule has 68 heavy (non-hydrogen) atoms. The summed E-state index contributed by atoms with van der Waals surface area (Å²) < 4.78 is 35.1. The van der Waals surface area contributed by atoms with E-state index in [2.05, 4.69) is 40.7 Å². The van der Waals surface area contributed by atoms with Crippen LogP contribution < -0.4 is 0 Å². The fourth-order valence-electron chi connectivity index (χ4n) is 15.3. The van der Waals surface area contributed by atoms with Crippen LogP contribution in [0.1, 0.15) is 92.9 Å². The third-order valence-corrected chi connectivity index (χ3v) is 19.7. The van der Waals surface area contributed by atoms with E-state index in [0.29, 0.717) is 38.5 Å². The Hall–Kier alpha value is -1.51. The minimum absolute atomic E-state index is 0.00726. The molecular weight excluding hydrogens is 897 g/mol. The summed E-state index contributed by atoms with van der Waals surface area (Å²) in [6.45, 7) is 10.7. The number of aliphatic hydroxyl groups is 13. The Kier molecular flexibility index (Phi) is 14.8. The molecule has 3 aliphatic heterocycles. The van der Waals surface area contributed by atoms with Gasteiger partial charge in [0.1, 0.15) is 73.2 Å². The molecule has 3 saturated heterocycles. The Balaban J connectivity index is 1.04. The molecule has 27 atom stereocenters. The first-order chi connectivity index (χ1) is 31.9. The Bertz CT molecular complexity index is 1840. The minimum Gasteiger partial charge on any atom is -0.432 e. The molecule has 8 rings (SSSR count). The smallest absolute Gasteiger partial charge is 0.315 e. The second kappa shape index (κ2) is 19.1. The fourth-order valence-corrected chi connectivity index (χ4v) is 15.3. The molecular formula is C48H78O20. The van der Waals surface area contributed by atoms with Crippen molar-refractivity contribution in [1.82, 2.24) is 0 Å². The van der Waals surface area contributed by atoms with Crippen molar-refractivity contribution in [2.75, 3.05) is 26.4 Å². The Morgan fingerprint density at radius 3 is 1.82 bits per heavy atom. The largest absolute Gasteiger partial charge is 0.432 e. The van der Waals surface area contributed by atoms with E-state index in [1.807, 2.05) is 6.92 Å². The number of hydrogen-bond acceptors (Lipinski definition) is 20. The number of ether oxygens (including phenoxy) is 6. The number of carbonyl (C=O) groups excluding carboxylic acids is 1. The number of rotatable bonds is 10. The van der Waals surface area contributed by atoms with Gasteiger partial charge in [0.25, 0.3) is 0 Å². The molecule has 7 fully saturated rings. The monoisotopic (exact) mass is 975 g/mol. The first-order valence-electron chi connectivity index (χ1n) is 24.7. The van der Waals surface area contributed by atoms with Crippen molar-refractivity contribution in [2.45, 2.75) is 197 Å². The van der Waals surface area contributed by atoms with Crippen LogP contribution in [0.15, 0.2) is 11.6 Å². The maximum absolute atomic E-state index is 15.0. The molecule has 8 aliphatic rings. The summed E-state index contributed by atoms with van der Waals surface area (Å²) in [6.07, 6.45) is -19.5. The molecule has 0 unspecified atom stereocenters. The summed E-state index contributed by atoms with van der Waals surface area (Å²) in [6, 6.07) is 0. The molecule has 0 radical (unpaired) electrons. The average molecular weight is 975 g/mol. The highest BCUT2D eigenvalue weighted by Crippen LogP contribution is 2.76. The number of fused-ring (bicyclic) bond motifs is 7. The van der Waals surface area contributed by atoms with Crippen LogP contribution in [0.2, 0.25) is 0 Å². The van der Waals surface area contributed by atoms with E-state index < -0.39 is 152 Å². The average Bonchev–Trinajstić information content (AvgIpc) is 3.30. The first kappa shape index (κ1) is 52.8. The summed E-state index contributed by atoms with van der Waals surface area (Å²) in [5.74, 6) is -0.796. The molecule has 0 aromatic heterocycles. The SMILES string of the molecule is C[C@H]1[C@H](C)CC[C@]2(C(=O)O[C@@H]3O[C@H](CO[C@@H]4O[C@H](CO)[C@@H](O)[C@H](O)[C@H]4O)[C@@H](O)[C@H](O)[C@H]3O)CC[C@]3(C)C(=CC[C@@H]4[C@@]5(C)C[C@@H](O)[C@H](O[C@@H]6O[C@H](CO)[C@@H](O)[C@H](O)[C@H]6O)[C@@](C)(CO)[C@@H]5CC[C@]43C)[C@H]12. The van der Waals surface area contributed by atoms with Crippen molar-refractivity contribution < 1.29 is 99.6 Å². The van der Waals surface area contributed by atoms with Crippen LogP contribution in [-0.4, -0.2) is 203 Å². The van der Waals surface area contributed by atoms with Crippen molar-refractivity contribution in [3.05, 3.63) is 11.6 Å². The zero-order valence-electron chi connectivity index (χ0n) is 39.9. The second-order valence-electron chi connectivity index (χ2n) is 22.9. The highest BCUT2D eigenvalue weighted by Gasteiger charge is 2.72. The Labute approximate surface area is 396 Å². The quantitative estimate of drug-likeness (QED) is 0.0636. The van der Waals surface area contributed by atoms with Gasteiger partial charge in [-0.25, -0.2) is 0 Å². The van der Waals surface area contributed by atoms with Gasteiger partial charge in [0.2, 0.25) is 6.29 Å². The van der Waals surface area contributed by atoms with E-state index in [1.54, 1.807) is 0 Å². The molecule has 20 nitrogen and oxygen atoms in total. The molecule has 390 valence electrons. The number of carbonyl (C=O) groups is 1. The van der Waals surface area contributed by atoms with Gasteiger partial charge in [-0.1, -0.05) is 53.2 Å². The Morgan fingerprint density at radius 2 is 1.22 bits per heavy atom. The molecule has 3 heterocycles. The van der Waals surface area contributed by atoms with Crippen molar-refractivity contribution in [2.24, 2.45) is 56.7 Å². The lowest BCUT2D eigenvalue weighted by Crippen LogP contribution is -2.69. The predicted molar refractivity (Wildman–Crippen MR) is 233 cm³/mol. The van der Waals surface area contributed by atoms with E-state index in [4.69, 9.17) is 28.4 Å². The minimum atomic E-state index is -1.84. The third-order valence-electron chi connectivity index (χ3n) is 19.7. The number of esters is 1. The van der Waals surface area contributed by atoms with Crippen molar-refractivity contribution >= 4 is 5.97 Å². The normalized spacial score (nSPS) is 56.0. The van der Waals surface area contributed by atoms with Crippen LogP contribution in [0.4, 0.5) is 0 Å². The van der Waals surface area contributed by atoms with Crippen molar-refractivity contribution in [3.63, 3.8) is 0 Å². The summed E-state index contributed by atoms with van der Waals surface area (Å²) in [5.41, 5.74) is -2.24. The maximum atomic E-state index is 15.0. The van der Waals surface area contributed by atoms with Gasteiger partial charge in [-0.05, 0) is 97.2 Å². The number of aliphatic hydroxyl groups excluding tert-OH is 13. The van der Waals surface area contributed by atoms with Gasteiger partial charge in [0, 0.05) is 5.41 Å². The lowest BCUT2D eigenvalue weighted by Gasteiger charge is -2.72. The number of allylic oxidation sites excluding steroid dienone is 2. The molecule has 20 heteroatoms. The van der Waals surface area contributed by atoms with E-state index in [0.717, 1.165) is 18.4 Å². The van der Waals surface area contributed by atoms with Gasteiger partial charge in [-0.3, -0.25) is 4.79 Å². The summed E-state index contributed by atoms with van der Waals surface area (Å²) in [7, 11) is 0. The van der Waals surface area contributed by atoms with E-state index >= 15 is 4.79 Å². The van der Waals surface area contributed by atoms with Gasteiger partial charge in [0.05, 0.1) is 44.1 Å². The van der Waals surface area contributed by atoms with Gasteiger partial charge >= 0.3 is 5.97 Å². The predicted octanol–water partition coefficient (Wildman–Crippen LogP) is -2.06. The van der Waals surface area contributed by atoms with Crippen LogP contribution in [0.5, 0.6) is 0 Å². The lowest BCUT2D eigenvalue weighted by molar-refractivity contribution is -0.345. The standard InChI is InChI=1S/C48H78O20/c1-20-9-12-48(43(62)68-42-38(61)35(58)32(55)26(66-42)18-63-40-36(59)33(56)30(53)24(16-49)64-40)14-13-46(5)22(29(48)21(20)2)7-8-28-44(3)15-23(52)39(45(4,19-51)27(44)10-11-47(28,46)6)67-41-37(60)34(57)31(54)25(17-50)65-41/h7,20-21,23-42,49-61H,8-19H2,1-6H3/t20-,21+,23-,24-,25-,26-,27-,28-,29+,30-,31-,32-,33+,34+,35+,36-,37-,38-,39+,40-,41+,42+,44+,45+,46-,47-,48+/m1/s1. The van der Waals surface area contributed by atoms with Crippen LogP contribution in [0, 0.1) is 56.7 Å². The zero-order valence-corrected chi connectivity index (χ0v) is 39.9. The van der Waals surface area contributed by atoms with Gasteiger partial charge in [-0.15, -0.1) is 0 Å². The summed E-state index contributed by atoms with van der Waals surface area (Å²) in [4.78, 5) is 15.0. The molecule has 13 N–H and O–H groups in total. The van der Waals surface area contributed by atoms with Crippen LogP contribution in [0.3, 0.4) is 0 Å². The Morgan fingerprint density at radius 1 is 0.662 bits per heavy atom. The first-order valence-corrected chi connectivity index (χ1v) is 24.7. The van der Waals surface area contributed by atoms with Gasteiger partial charge in [0.15, 0.2) is 12.6 Å². The summed E-state index contributed by atoms with van der Waals surface area (Å²) in [5, 5.41) is 139. The lowest BCUT2D eigenvalue weighted by atomic mass is 9.33.